The molecule has 0 aliphatic carbocycles. The summed E-state index contributed by atoms with van der Waals surface area (Å²) in [5.41, 5.74) is 3.71. The summed E-state index contributed by atoms with van der Waals surface area (Å²) >= 11 is 1.30. The Bertz CT molecular complexity index is 1730. The zero-order chi connectivity index (χ0) is 31.5. The number of aliphatic imine (C=N–C) groups is 1. The summed E-state index contributed by atoms with van der Waals surface area (Å²) in [6, 6.07) is 10.5. The van der Waals surface area contributed by atoms with Crippen LogP contribution in [0.4, 0.5) is 15.2 Å². The SMILES string of the molecule is CC1CCC2CN(c3ccc(-c4cc(F)c5c(c4)C(=O)N(C(C(=O)Nc4nccs4)C4=NCN6CCCC46)C5)cc3)CCN2C1=O. The predicted octanol–water partition coefficient (Wildman–Crippen LogP) is 4.24. The molecule has 3 saturated heterocycles. The molecule has 0 bridgehead atoms. The van der Waals surface area contributed by atoms with E-state index in [2.05, 4.69) is 20.1 Å². The van der Waals surface area contributed by atoms with Crippen LogP contribution >= 0.6 is 11.3 Å². The van der Waals surface area contributed by atoms with Crippen LogP contribution in [-0.2, 0) is 16.1 Å². The van der Waals surface area contributed by atoms with Crippen LogP contribution in [-0.4, -0.2) is 94.1 Å². The molecular formula is C34H36FN7O3S. The van der Waals surface area contributed by atoms with Crippen molar-refractivity contribution in [3.8, 4) is 11.1 Å². The zero-order valence-corrected chi connectivity index (χ0v) is 26.5. The summed E-state index contributed by atoms with van der Waals surface area (Å²) in [6.45, 7) is 5.71. The molecule has 238 valence electrons. The molecule has 5 aliphatic rings. The average Bonchev–Trinajstić information content (AvgIpc) is 3.87. The van der Waals surface area contributed by atoms with Crippen LogP contribution in [0.1, 0.15) is 48.5 Å². The van der Waals surface area contributed by atoms with E-state index in [-0.39, 0.29) is 47.8 Å². The Morgan fingerprint density at radius 3 is 2.72 bits per heavy atom. The van der Waals surface area contributed by atoms with Crippen molar-refractivity contribution in [2.24, 2.45) is 10.9 Å². The smallest absolute Gasteiger partial charge is 0.255 e. The van der Waals surface area contributed by atoms with Crippen LogP contribution in [0.5, 0.6) is 0 Å². The highest BCUT2D eigenvalue weighted by atomic mass is 32.1. The summed E-state index contributed by atoms with van der Waals surface area (Å²) in [5.74, 6) is -0.849. The van der Waals surface area contributed by atoms with Gasteiger partial charge in [-0.15, -0.1) is 11.3 Å². The molecule has 3 fully saturated rings. The van der Waals surface area contributed by atoms with Crippen molar-refractivity contribution in [3.63, 3.8) is 0 Å². The molecule has 3 amide bonds. The van der Waals surface area contributed by atoms with Crippen molar-refractivity contribution in [1.29, 1.82) is 0 Å². The lowest BCUT2D eigenvalue weighted by molar-refractivity contribution is -0.141. The normalized spacial score (nSPS) is 25.0. The second-order valence-electron chi connectivity index (χ2n) is 13.0. The number of halogens is 1. The topological polar surface area (TPSA) is 101 Å². The molecule has 0 saturated carbocycles. The molecule has 10 nitrogen and oxygen atoms in total. The molecule has 2 aromatic carbocycles. The number of fused-ring (bicyclic) bond motifs is 3. The van der Waals surface area contributed by atoms with E-state index in [1.807, 2.05) is 36.1 Å². The van der Waals surface area contributed by atoms with Crippen LogP contribution in [0.15, 0.2) is 53.0 Å². The molecule has 5 aliphatic heterocycles. The number of piperidine rings is 1. The molecule has 4 atom stereocenters. The van der Waals surface area contributed by atoms with Crippen LogP contribution in [0.2, 0.25) is 0 Å². The van der Waals surface area contributed by atoms with Gasteiger partial charge in [-0.05, 0) is 61.1 Å². The number of hydrogen-bond acceptors (Lipinski definition) is 8. The van der Waals surface area contributed by atoms with Crippen molar-refractivity contribution >= 4 is 45.6 Å². The number of anilines is 2. The van der Waals surface area contributed by atoms with E-state index < -0.39 is 11.9 Å². The van der Waals surface area contributed by atoms with Gasteiger partial charge < -0.3 is 14.7 Å². The molecule has 1 aromatic heterocycles. The highest BCUT2D eigenvalue weighted by molar-refractivity contribution is 7.13. The van der Waals surface area contributed by atoms with Gasteiger partial charge in [-0.3, -0.25) is 29.6 Å². The van der Waals surface area contributed by atoms with Gasteiger partial charge in [-0.2, -0.15) is 0 Å². The van der Waals surface area contributed by atoms with Gasteiger partial charge in [0.15, 0.2) is 11.2 Å². The number of hydrogen-bond donors (Lipinski definition) is 1. The van der Waals surface area contributed by atoms with Crippen LogP contribution < -0.4 is 10.2 Å². The number of amides is 3. The van der Waals surface area contributed by atoms with Crippen molar-refractivity contribution in [2.45, 2.75) is 57.3 Å². The lowest BCUT2D eigenvalue weighted by Gasteiger charge is -2.46. The number of nitrogens with zero attached hydrogens (tertiary/aromatic N) is 6. The van der Waals surface area contributed by atoms with E-state index in [0.29, 0.717) is 28.6 Å². The van der Waals surface area contributed by atoms with E-state index in [0.717, 1.165) is 63.1 Å². The number of nitrogens with one attached hydrogen (secondary N) is 1. The monoisotopic (exact) mass is 641 g/mol. The third-order valence-corrected chi connectivity index (χ3v) is 11.0. The molecule has 46 heavy (non-hydrogen) atoms. The number of rotatable bonds is 6. The molecule has 3 aromatic rings. The van der Waals surface area contributed by atoms with Crippen molar-refractivity contribution < 1.29 is 18.8 Å². The number of piperazine rings is 1. The van der Waals surface area contributed by atoms with Gasteiger partial charge in [-0.1, -0.05) is 19.1 Å². The third-order valence-electron chi connectivity index (χ3n) is 10.3. The third kappa shape index (κ3) is 4.98. The van der Waals surface area contributed by atoms with Crippen molar-refractivity contribution in [2.75, 3.05) is 43.1 Å². The fourth-order valence-electron chi connectivity index (χ4n) is 7.87. The van der Waals surface area contributed by atoms with Crippen LogP contribution in [0.25, 0.3) is 11.1 Å². The van der Waals surface area contributed by atoms with Crippen molar-refractivity contribution in [3.05, 3.63) is 64.9 Å². The Balaban J connectivity index is 1.03. The molecule has 12 heteroatoms. The number of carbonyl (C=O) groups excluding carboxylic acids is 3. The van der Waals surface area contributed by atoms with Gasteiger partial charge in [0.25, 0.3) is 11.8 Å². The summed E-state index contributed by atoms with van der Waals surface area (Å²) in [5, 5.41) is 5.08. The summed E-state index contributed by atoms with van der Waals surface area (Å²) < 4.78 is 15.8. The Hall–Kier alpha value is -4.16. The van der Waals surface area contributed by atoms with Crippen molar-refractivity contribution in [1.82, 2.24) is 19.7 Å². The van der Waals surface area contributed by atoms with Gasteiger partial charge in [0, 0.05) is 66.5 Å². The second-order valence-corrected chi connectivity index (χ2v) is 13.9. The highest BCUT2D eigenvalue weighted by Gasteiger charge is 2.46. The lowest BCUT2D eigenvalue weighted by Crippen LogP contribution is -2.58. The Morgan fingerprint density at radius 2 is 1.91 bits per heavy atom. The quantitative estimate of drug-likeness (QED) is 0.433. The molecule has 8 rings (SSSR count). The largest absolute Gasteiger partial charge is 0.368 e. The van der Waals surface area contributed by atoms with E-state index in [9.17, 15) is 14.4 Å². The molecule has 4 unspecified atom stereocenters. The first-order valence-corrected chi connectivity index (χ1v) is 17.0. The maximum atomic E-state index is 15.8. The lowest BCUT2D eigenvalue weighted by atomic mass is 9.91. The fraction of sp³-hybridized carbons (Fsp3) is 0.441. The average molecular weight is 642 g/mol. The molecule has 6 heterocycles. The minimum absolute atomic E-state index is 0.00462. The van der Waals surface area contributed by atoms with Gasteiger partial charge in [0.2, 0.25) is 5.91 Å². The standard InChI is InChI=1S/C34H36FN7O3S/c1-20-4-7-24-17-39(12-13-41(24)32(20)44)23-8-5-21(6-9-23)22-15-25-26(27(35)16-22)18-42(33(25)45)30(31(43)38-34-36-10-14-46-34)29-28-3-2-11-40(28)19-37-29/h5-6,8-10,14-16,20,24,28,30H,2-4,7,11-13,17-19H2,1H3,(H,36,38,43). The Morgan fingerprint density at radius 1 is 1.07 bits per heavy atom. The number of aromatic nitrogens is 1. The number of carbonyl (C=O) groups is 3. The number of benzene rings is 2. The minimum Gasteiger partial charge on any atom is -0.368 e. The zero-order valence-electron chi connectivity index (χ0n) is 25.7. The first-order chi connectivity index (χ1) is 22.4. The maximum Gasteiger partial charge on any atom is 0.255 e. The second kappa shape index (κ2) is 11.6. The predicted molar refractivity (Wildman–Crippen MR) is 174 cm³/mol. The summed E-state index contributed by atoms with van der Waals surface area (Å²) in [4.78, 5) is 57.4. The van der Waals surface area contributed by atoms with Gasteiger partial charge >= 0.3 is 0 Å². The van der Waals surface area contributed by atoms with E-state index in [4.69, 9.17) is 4.99 Å². The summed E-state index contributed by atoms with van der Waals surface area (Å²) in [7, 11) is 0. The van der Waals surface area contributed by atoms with Gasteiger partial charge in [-0.25, -0.2) is 9.37 Å². The van der Waals surface area contributed by atoms with Crippen LogP contribution in [0.3, 0.4) is 0 Å². The molecular weight excluding hydrogens is 605 g/mol. The highest BCUT2D eigenvalue weighted by Crippen LogP contribution is 2.36. The fourth-order valence-corrected chi connectivity index (χ4v) is 8.40. The van der Waals surface area contributed by atoms with E-state index >= 15 is 4.39 Å². The first kappa shape index (κ1) is 29.3. The Labute approximate surface area is 270 Å². The van der Waals surface area contributed by atoms with E-state index in [1.165, 1.54) is 22.3 Å². The first-order valence-electron chi connectivity index (χ1n) is 16.1. The number of thiazole rings is 1. The molecule has 0 spiro atoms. The minimum atomic E-state index is -0.956. The van der Waals surface area contributed by atoms with Gasteiger partial charge in [0.1, 0.15) is 5.82 Å². The molecule has 0 radical (unpaired) electrons. The molecule has 1 N–H and O–H groups in total. The maximum absolute atomic E-state index is 15.8. The van der Waals surface area contributed by atoms with Gasteiger partial charge in [0.05, 0.1) is 25.0 Å². The Kier molecular flexibility index (Phi) is 7.36. The summed E-state index contributed by atoms with van der Waals surface area (Å²) in [6.07, 6.45) is 5.43. The van der Waals surface area contributed by atoms with Crippen LogP contribution in [0, 0.1) is 11.7 Å². The van der Waals surface area contributed by atoms with E-state index in [1.54, 1.807) is 17.6 Å².